The lowest BCUT2D eigenvalue weighted by molar-refractivity contribution is -0.303. The Bertz CT molecular complexity index is 654. The maximum Gasteiger partial charge on any atom is 0.258 e. The lowest BCUT2D eigenvalue weighted by Gasteiger charge is -2.23. The van der Waals surface area contributed by atoms with Gasteiger partial charge in [0.2, 0.25) is 0 Å². The van der Waals surface area contributed by atoms with Crippen molar-refractivity contribution >= 4 is 17.6 Å². The third-order valence-corrected chi connectivity index (χ3v) is 2.76. The van der Waals surface area contributed by atoms with Gasteiger partial charge in [-0.1, -0.05) is 0 Å². The predicted molar refractivity (Wildman–Crippen MR) is 69.5 cm³/mol. The van der Waals surface area contributed by atoms with E-state index in [2.05, 4.69) is 0 Å². The van der Waals surface area contributed by atoms with Crippen LogP contribution < -0.4 is 10.0 Å². The summed E-state index contributed by atoms with van der Waals surface area (Å²) in [6.07, 6.45) is 0. The van der Waals surface area contributed by atoms with Gasteiger partial charge in [-0.15, -0.1) is 0 Å². The molecule has 6 heteroatoms. The van der Waals surface area contributed by atoms with Crippen LogP contribution in [-0.2, 0) is 4.79 Å². The van der Waals surface area contributed by atoms with E-state index in [4.69, 9.17) is 0 Å². The Labute approximate surface area is 119 Å². The van der Waals surface area contributed by atoms with Crippen LogP contribution in [0.1, 0.15) is 10.4 Å². The van der Waals surface area contributed by atoms with Crippen LogP contribution in [0, 0.1) is 11.6 Å². The summed E-state index contributed by atoms with van der Waals surface area (Å²) in [6, 6.07) is 9.43. The number of halogens is 2. The first-order valence-electron chi connectivity index (χ1n) is 6.00. The molecule has 0 heterocycles. The number of amides is 1. The molecular formula is C15H10F2NO3-. The summed E-state index contributed by atoms with van der Waals surface area (Å²) in [5.41, 5.74) is 0.317. The average Bonchev–Trinajstić information content (AvgIpc) is 2.46. The van der Waals surface area contributed by atoms with Gasteiger partial charge in [-0.3, -0.25) is 4.79 Å². The Balaban J connectivity index is 2.35. The Hall–Kier alpha value is -2.76. The molecule has 0 fully saturated rings. The molecule has 0 aliphatic rings. The summed E-state index contributed by atoms with van der Waals surface area (Å²) in [5.74, 6) is -3.14. The van der Waals surface area contributed by atoms with Crippen molar-refractivity contribution in [1.29, 1.82) is 0 Å². The van der Waals surface area contributed by atoms with Gasteiger partial charge in [0.15, 0.2) is 0 Å². The molecule has 2 aromatic carbocycles. The molecule has 0 bridgehead atoms. The largest absolute Gasteiger partial charge is 0.548 e. The van der Waals surface area contributed by atoms with Gasteiger partial charge in [0.05, 0.1) is 12.5 Å². The first-order valence-corrected chi connectivity index (χ1v) is 6.00. The van der Waals surface area contributed by atoms with Crippen LogP contribution in [0.25, 0.3) is 0 Å². The number of anilines is 1. The standard InChI is InChI=1S/C15H11F2NO3/c16-11-3-1-10(2-4-11)15(21)18(9-14(19)20)13-7-5-12(17)6-8-13/h1-8H,9H2,(H,19,20)/p-1. The quantitative estimate of drug-likeness (QED) is 0.854. The highest BCUT2D eigenvalue weighted by Crippen LogP contribution is 2.18. The molecule has 0 unspecified atom stereocenters. The predicted octanol–water partition coefficient (Wildman–Crippen LogP) is 1.36. The summed E-state index contributed by atoms with van der Waals surface area (Å²) in [6.45, 7) is -0.693. The number of rotatable bonds is 4. The van der Waals surface area contributed by atoms with E-state index < -0.39 is 30.1 Å². The van der Waals surface area contributed by atoms with Crippen molar-refractivity contribution in [3.8, 4) is 0 Å². The molecule has 0 N–H and O–H groups in total. The Morgan fingerprint density at radius 1 is 0.905 bits per heavy atom. The van der Waals surface area contributed by atoms with Crippen molar-refractivity contribution in [2.24, 2.45) is 0 Å². The highest BCUT2D eigenvalue weighted by atomic mass is 19.1. The summed E-state index contributed by atoms with van der Waals surface area (Å²) in [5, 5.41) is 10.8. The molecule has 4 nitrogen and oxygen atoms in total. The smallest absolute Gasteiger partial charge is 0.258 e. The summed E-state index contributed by atoms with van der Waals surface area (Å²) in [7, 11) is 0. The molecular weight excluding hydrogens is 280 g/mol. The van der Waals surface area contributed by atoms with Crippen molar-refractivity contribution in [1.82, 2.24) is 0 Å². The molecule has 1 amide bonds. The monoisotopic (exact) mass is 290 g/mol. The zero-order chi connectivity index (χ0) is 15.4. The van der Waals surface area contributed by atoms with Crippen LogP contribution in [-0.4, -0.2) is 18.4 Å². The SMILES string of the molecule is O=C([O-])CN(C(=O)c1ccc(F)cc1)c1ccc(F)cc1. The van der Waals surface area contributed by atoms with Gasteiger partial charge in [-0.05, 0) is 48.5 Å². The number of carbonyl (C=O) groups excluding carboxylic acids is 2. The summed E-state index contributed by atoms with van der Waals surface area (Å²) >= 11 is 0. The fourth-order valence-corrected chi connectivity index (χ4v) is 1.78. The topological polar surface area (TPSA) is 60.4 Å². The number of hydrogen-bond donors (Lipinski definition) is 0. The van der Waals surface area contributed by atoms with E-state index in [1.54, 1.807) is 0 Å². The zero-order valence-corrected chi connectivity index (χ0v) is 10.8. The molecule has 0 spiro atoms. The molecule has 2 aromatic rings. The number of aliphatic carboxylic acids is 1. The van der Waals surface area contributed by atoms with E-state index in [0.717, 1.165) is 29.2 Å². The molecule has 0 saturated heterocycles. The summed E-state index contributed by atoms with van der Waals surface area (Å²) in [4.78, 5) is 24.0. The third kappa shape index (κ3) is 3.62. The van der Waals surface area contributed by atoms with E-state index >= 15 is 0 Å². The highest BCUT2D eigenvalue weighted by Gasteiger charge is 2.18. The van der Waals surface area contributed by atoms with Gasteiger partial charge in [-0.25, -0.2) is 8.78 Å². The number of carboxylic acid groups (broad SMARTS) is 1. The van der Waals surface area contributed by atoms with Crippen LogP contribution in [0.15, 0.2) is 48.5 Å². The molecule has 0 saturated carbocycles. The Morgan fingerprint density at radius 3 is 1.86 bits per heavy atom. The first kappa shape index (κ1) is 14.6. The second-order valence-corrected chi connectivity index (χ2v) is 4.25. The highest BCUT2D eigenvalue weighted by molar-refractivity contribution is 6.08. The van der Waals surface area contributed by atoms with Crippen molar-refractivity contribution in [3.63, 3.8) is 0 Å². The second-order valence-electron chi connectivity index (χ2n) is 4.25. The fourth-order valence-electron chi connectivity index (χ4n) is 1.78. The van der Waals surface area contributed by atoms with Crippen molar-refractivity contribution < 1.29 is 23.5 Å². The minimum absolute atomic E-state index is 0.113. The lowest BCUT2D eigenvalue weighted by Crippen LogP contribution is -2.41. The fraction of sp³-hybridized carbons (Fsp3) is 0.0667. The van der Waals surface area contributed by atoms with Crippen LogP contribution in [0.4, 0.5) is 14.5 Å². The van der Waals surface area contributed by atoms with Crippen molar-refractivity contribution in [3.05, 3.63) is 65.7 Å². The Morgan fingerprint density at radius 2 is 1.38 bits per heavy atom. The van der Waals surface area contributed by atoms with E-state index in [1.165, 1.54) is 24.3 Å². The summed E-state index contributed by atoms with van der Waals surface area (Å²) < 4.78 is 25.8. The molecule has 2 rings (SSSR count). The average molecular weight is 290 g/mol. The van der Waals surface area contributed by atoms with Gasteiger partial charge >= 0.3 is 0 Å². The molecule has 108 valence electrons. The minimum Gasteiger partial charge on any atom is -0.548 e. The van der Waals surface area contributed by atoms with Crippen LogP contribution >= 0.6 is 0 Å². The number of benzene rings is 2. The molecule has 0 atom stereocenters. The van der Waals surface area contributed by atoms with Crippen LogP contribution in [0.5, 0.6) is 0 Å². The number of carbonyl (C=O) groups is 2. The maximum absolute atomic E-state index is 12.9. The van der Waals surface area contributed by atoms with Gasteiger partial charge in [-0.2, -0.15) is 0 Å². The third-order valence-electron chi connectivity index (χ3n) is 2.76. The van der Waals surface area contributed by atoms with Crippen LogP contribution in [0.3, 0.4) is 0 Å². The van der Waals surface area contributed by atoms with Gasteiger partial charge in [0, 0.05) is 11.3 Å². The van der Waals surface area contributed by atoms with Crippen molar-refractivity contribution in [2.45, 2.75) is 0 Å². The van der Waals surface area contributed by atoms with Crippen LogP contribution in [0.2, 0.25) is 0 Å². The molecule has 0 aliphatic heterocycles. The van der Waals surface area contributed by atoms with Gasteiger partial charge in [0.1, 0.15) is 11.6 Å². The van der Waals surface area contributed by atoms with Gasteiger partial charge < -0.3 is 14.8 Å². The number of nitrogens with zero attached hydrogens (tertiary/aromatic N) is 1. The number of carboxylic acids is 1. The van der Waals surface area contributed by atoms with Gasteiger partial charge in [0.25, 0.3) is 5.91 Å². The maximum atomic E-state index is 12.9. The molecule has 0 radical (unpaired) electrons. The van der Waals surface area contributed by atoms with E-state index in [1.807, 2.05) is 0 Å². The zero-order valence-electron chi connectivity index (χ0n) is 10.8. The van der Waals surface area contributed by atoms with E-state index in [-0.39, 0.29) is 11.3 Å². The lowest BCUT2D eigenvalue weighted by atomic mass is 10.1. The second kappa shape index (κ2) is 6.13. The molecule has 0 aromatic heterocycles. The van der Waals surface area contributed by atoms with E-state index in [0.29, 0.717) is 0 Å². The normalized spacial score (nSPS) is 10.2. The molecule has 21 heavy (non-hydrogen) atoms. The van der Waals surface area contributed by atoms with Crippen molar-refractivity contribution in [2.75, 3.05) is 11.4 Å². The molecule has 0 aliphatic carbocycles. The van der Waals surface area contributed by atoms with E-state index in [9.17, 15) is 23.5 Å². The minimum atomic E-state index is -1.46. The first-order chi connectivity index (χ1) is 9.97. The number of hydrogen-bond acceptors (Lipinski definition) is 3. The Kier molecular flexibility index (Phi) is 4.27.